The summed E-state index contributed by atoms with van der Waals surface area (Å²) < 4.78 is 0. The van der Waals surface area contributed by atoms with E-state index in [1.165, 1.54) is 11.1 Å². The minimum absolute atomic E-state index is 0.343. The molecular weight excluding hydrogens is 222 g/mol. The second-order valence-electron chi connectivity index (χ2n) is 4.71. The summed E-state index contributed by atoms with van der Waals surface area (Å²) in [5.41, 5.74) is 15.8. The molecule has 0 aromatic heterocycles. The Morgan fingerprint density at radius 1 is 0.778 bits per heavy atom. The quantitative estimate of drug-likeness (QED) is 0.706. The van der Waals surface area contributed by atoms with E-state index in [1.807, 2.05) is 18.2 Å². The van der Waals surface area contributed by atoms with Gasteiger partial charge in [0.1, 0.15) is 0 Å². The highest BCUT2D eigenvalue weighted by Gasteiger charge is 2.25. The lowest BCUT2D eigenvalue weighted by Crippen LogP contribution is -2.26. The van der Waals surface area contributed by atoms with Gasteiger partial charge in [-0.1, -0.05) is 42.5 Å². The van der Waals surface area contributed by atoms with Gasteiger partial charge in [0.25, 0.3) is 0 Å². The Balaban J connectivity index is 1.74. The lowest BCUT2D eigenvalue weighted by Gasteiger charge is -2.10. The molecule has 2 aromatic rings. The Morgan fingerprint density at radius 2 is 1.33 bits per heavy atom. The molecule has 1 fully saturated rings. The first-order chi connectivity index (χ1) is 8.83. The van der Waals surface area contributed by atoms with Gasteiger partial charge in [-0.3, -0.25) is 0 Å². The van der Waals surface area contributed by atoms with Crippen LogP contribution < -0.4 is 16.6 Å². The fourth-order valence-electron chi connectivity index (χ4n) is 2.41. The average Bonchev–Trinajstić information content (AvgIpc) is 2.90. The second-order valence-corrected chi connectivity index (χ2v) is 4.71. The van der Waals surface area contributed by atoms with Gasteiger partial charge in [0.15, 0.2) is 0 Å². The summed E-state index contributed by atoms with van der Waals surface area (Å²) in [7, 11) is 0. The molecule has 1 heterocycles. The fraction of sp³-hybridized carbons (Fsp3) is 0.200. The molecule has 0 amide bonds. The summed E-state index contributed by atoms with van der Waals surface area (Å²) >= 11 is 0. The molecular formula is C15H17N3. The molecule has 2 aromatic carbocycles. The maximum absolute atomic E-state index is 5.71. The van der Waals surface area contributed by atoms with E-state index >= 15 is 0 Å². The van der Waals surface area contributed by atoms with Crippen LogP contribution in [0.25, 0.3) is 0 Å². The highest BCUT2D eigenvalue weighted by molar-refractivity contribution is 5.40. The van der Waals surface area contributed by atoms with Gasteiger partial charge in [-0.15, -0.1) is 0 Å². The molecule has 3 rings (SSSR count). The Bertz CT molecular complexity index is 507. The van der Waals surface area contributed by atoms with Crippen molar-refractivity contribution in [2.75, 3.05) is 5.73 Å². The molecule has 0 radical (unpaired) electrons. The molecule has 18 heavy (non-hydrogen) atoms. The molecule has 1 aliphatic heterocycles. The molecule has 0 saturated carbocycles. The van der Waals surface area contributed by atoms with Crippen LogP contribution in [0.5, 0.6) is 0 Å². The summed E-state index contributed by atoms with van der Waals surface area (Å²) in [4.78, 5) is 0. The van der Waals surface area contributed by atoms with Crippen LogP contribution in [0.3, 0.4) is 0 Å². The van der Waals surface area contributed by atoms with E-state index < -0.39 is 0 Å². The van der Waals surface area contributed by atoms with Gasteiger partial charge in [0.2, 0.25) is 0 Å². The van der Waals surface area contributed by atoms with Crippen LogP contribution >= 0.6 is 0 Å². The third-order valence-electron chi connectivity index (χ3n) is 3.44. The topological polar surface area (TPSA) is 50.1 Å². The van der Waals surface area contributed by atoms with E-state index in [2.05, 4.69) is 47.2 Å². The van der Waals surface area contributed by atoms with Gasteiger partial charge >= 0.3 is 0 Å². The number of benzene rings is 2. The Hall–Kier alpha value is -1.84. The van der Waals surface area contributed by atoms with Crippen molar-refractivity contribution in [3.63, 3.8) is 0 Å². The predicted molar refractivity (Wildman–Crippen MR) is 73.7 cm³/mol. The molecule has 1 aliphatic rings. The number of nitrogens with one attached hydrogen (secondary N) is 2. The first kappa shape index (κ1) is 11.3. The molecule has 92 valence electrons. The van der Waals surface area contributed by atoms with Crippen LogP contribution in [-0.4, -0.2) is 0 Å². The van der Waals surface area contributed by atoms with Crippen LogP contribution in [0.15, 0.2) is 54.6 Å². The van der Waals surface area contributed by atoms with Gasteiger partial charge < -0.3 is 5.73 Å². The van der Waals surface area contributed by atoms with Gasteiger partial charge in [-0.05, 0) is 29.7 Å². The smallest absolute Gasteiger partial charge is 0.0481 e. The van der Waals surface area contributed by atoms with Crippen molar-refractivity contribution < 1.29 is 0 Å². The van der Waals surface area contributed by atoms with Gasteiger partial charge in [0, 0.05) is 17.8 Å². The minimum atomic E-state index is 0.343. The highest BCUT2D eigenvalue weighted by Crippen LogP contribution is 2.30. The van der Waals surface area contributed by atoms with E-state index in [9.17, 15) is 0 Å². The second kappa shape index (κ2) is 4.80. The standard InChI is InChI=1S/C15H17N3/c16-13-8-6-12(7-9-13)15-10-14(17-18-15)11-4-2-1-3-5-11/h1-9,14-15,17-18H,10,16H2. The molecule has 2 atom stereocenters. The summed E-state index contributed by atoms with van der Waals surface area (Å²) in [6.07, 6.45) is 1.05. The van der Waals surface area contributed by atoms with Crippen molar-refractivity contribution in [3.8, 4) is 0 Å². The van der Waals surface area contributed by atoms with Gasteiger partial charge in [-0.2, -0.15) is 0 Å². The maximum atomic E-state index is 5.71. The zero-order valence-corrected chi connectivity index (χ0v) is 10.1. The van der Waals surface area contributed by atoms with Crippen LogP contribution in [-0.2, 0) is 0 Å². The molecule has 0 spiro atoms. The Labute approximate surface area is 107 Å². The van der Waals surface area contributed by atoms with Crippen molar-refractivity contribution in [1.82, 2.24) is 10.9 Å². The summed E-state index contributed by atoms with van der Waals surface area (Å²) in [5, 5.41) is 0. The number of hydrogen-bond acceptors (Lipinski definition) is 3. The number of rotatable bonds is 2. The van der Waals surface area contributed by atoms with Crippen molar-refractivity contribution in [3.05, 3.63) is 65.7 Å². The van der Waals surface area contributed by atoms with Crippen molar-refractivity contribution in [2.45, 2.75) is 18.5 Å². The number of nitrogen functional groups attached to an aromatic ring is 1. The summed E-state index contributed by atoms with van der Waals surface area (Å²) in [5.74, 6) is 0. The normalized spacial score (nSPS) is 23.1. The van der Waals surface area contributed by atoms with E-state index in [1.54, 1.807) is 0 Å². The molecule has 3 heteroatoms. The number of hydrazine groups is 1. The SMILES string of the molecule is Nc1ccc(C2CC(c3ccccc3)NN2)cc1. The molecule has 0 aliphatic carbocycles. The average molecular weight is 239 g/mol. The number of anilines is 1. The third-order valence-corrected chi connectivity index (χ3v) is 3.44. The molecule has 3 nitrogen and oxygen atoms in total. The van der Waals surface area contributed by atoms with Gasteiger partial charge in [0.05, 0.1) is 0 Å². The first-order valence-electron chi connectivity index (χ1n) is 6.24. The van der Waals surface area contributed by atoms with Crippen LogP contribution in [0, 0.1) is 0 Å². The highest BCUT2D eigenvalue weighted by atomic mass is 15.4. The first-order valence-corrected chi connectivity index (χ1v) is 6.24. The van der Waals surface area contributed by atoms with E-state index in [4.69, 9.17) is 5.73 Å². The predicted octanol–water partition coefficient (Wildman–Crippen LogP) is 2.55. The number of nitrogens with two attached hydrogens (primary N) is 1. The molecule has 4 N–H and O–H groups in total. The largest absolute Gasteiger partial charge is 0.399 e. The fourth-order valence-corrected chi connectivity index (χ4v) is 2.41. The number of hydrogen-bond donors (Lipinski definition) is 3. The lowest BCUT2D eigenvalue weighted by atomic mass is 9.98. The Kier molecular flexibility index (Phi) is 3.00. The zero-order chi connectivity index (χ0) is 12.4. The monoisotopic (exact) mass is 239 g/mol. The van der Waals surface area contributed by atoms with Crippen LogP contribution in [0.4, 0.5) is 5.69 Å². The van der Waals surface area contributed by atoms with Crippen LogP contribution in [0.2, 0.25) is 0 Å². The van der Waals surface area contributed by atoms with Gasteiger partial charge in [-0.25, -0.2) is 10.9 Å². The third kappa shape index (κ3) is 2.23. The van der Waals surface area contributed by atoms with Crippen LogP contribution in [0.1, 0.15) is 29.6 Å². The minimum Gasteiger partial charge on any atom is -0.399 e. The Morgan fingerprint density at radius 3 is 1.94 bits per heavy atom. The van der Waals surface area contributed by atoms with Crippen molar-refractivity contribution in [1.29, 1.82) is 0 Å². The van der Waals surface area contributed by atoms with Crippen molar-refractivity contribution >= 4 is 5.69 Å². The summed E-state index contributed by atoms with van der Waals surface area (Å²) in [6, 6.07) is 19.3. The van der Waals surface area contributed by atoms with E-state index in [0.29, 0.717) is 12.1 Å². The van der Waals surface area contributed by atoms with E-state index in [0.717, 1.165) is 12.1 Å². The zero-order valence-electron chi connectivity index (χ0n) is 10.1. The lowest BCUT2D eigenvalue weighted by molar-refractivity contribution is 0.555. The van der Waals surface area contributed by atoms with Crippen molar-refractivity contribution in [2.24, 2.45) is 0 Å². The molecule has 0 bridgehead atoms. The summed E-state index contributed by atoms with van der Waals surface area (Å²) in [6.45, 7) is 0. The molecule has 2 unspecified atom stereocenters. The maximum Gasteiger partial charge on any atom is 0.0481 e. The van der Waals surface area contributed by atoms with E-state index in [-0.39, 0.29) is 0 Å². The molecule has 1 saturated heterocycles.